The van der Waals surface area contributed by atoms with E-state index in [-0.39, 0.29) is 24.5 Å². The van der Waals surface area contributed by atoms with E-state index in [9.17, 15) is 9.59 Å². The fraction of sp³-hybridized carbons (Fsp3) is 0.286. The van der Waals surface area contributed by atoms with E-state index in [0.717, 1.165) is 36.6 Å². The van der Waals surface area contributed by atoms with Crippen LogP contribution in [0.1, 0.15) is 23.2 Å². The first-order valence-electron chi connectivity index (χ1n) is 12.1. The zero-order valence-electron chi connectivity index (χ0n) is 20.1. The number of benzene rings is 3. The van der Waals surface area contributed by atoms with Crippen LogP contribution in [0.25, 0.3) is 0 Å². The quantitative estimate of drug-likeness (QED) is 0.332. The largest absolute Gasteiger partial charge is 0.490 e. The lowest BCUT2D eigenvalue weighted by molar-refractivity contribution is -0.114. The lowest BCUT2D eigenvalue weighted by atomic mass is 10.1. The molecule has 1 fully saturated rings. The van der Waals surface area contributed by atoms with E-state index < -0.39 is 0 Å². The number of carbonyl (C=O) groups is 2. The third-order valence-corrected chi connectivity index (χ3v) is 5.59. The molecule has 1 heterocycles. The van der Waals surface area contributed by atoms with Crippen molar-refractivity contribution in [2.45, 2.75) is 18.9 Å². The Hall–Kier alpha value is -4.04. The molecule has 3 aromatic carbocycles. The molecule has 36 heavy (non-hydrogen) atoms. The van der Waals surface area contributed by atoms with Gasteiger partial charge >= 0.3 is 0 Å². The number of ether oxygens (including phenoxy) is 3. The molecule has 0 saturated carbocycles. The molecule has 4 rings (SSSR count). The topological polar surface area (TPSA) is 97.9 Å². The highest BCUT2D eigenvalue weighted by Gasteiger charge is 2.17. The molecule has 188 valence electrons. The Kier molecular flexibility index (Phi) is 9.16. The van der Waals surface area contributed by atoms with Crippen molar-refractivity contribution in [2.24, 2.45) is 0 Å². The van der Waals surface area contributed by atoms with Crippen molar-refractivity contribution in [3.05, 3.63) is 84.4 Å². The van der Waals surface area contributed by atoms with Crippen LogP contribution in [0.2, 0.25) is 0 Å². The highest BCUT2D eigenvalue weighted by atomic mass is 16.5. The van der Waals surface area contributed by atoms with Crippen LogP contribution in [0.4, 0.5) is 11.4 Å². The third-order valence-electron chi connectivity index (χ3n) is 5.59. The van der Waals surface area contributed by atoms with E-state index in [1.165, 1.54) is 0 Å². The van der Waals surface area contributed by atoms with Gasteiger partial charge in [-0.05, 0) is 67.4 Å². The predicted octanol–water partition coefficient (Wildman–Crippen LogP) is 4.10. The van der Waals surface area contributed by atoms with Gasteiger partial charge in [0.2, 0.25) is 5.91 Å². The Morgan fingerprint density at radius 2 is 1.61 bits per heavy atom. The summed E-state index contributed by atoms with van der Waals surface area (Å²) in [6.07, 6.45) is 2.07. The summed E-state index contributed by atoms with van der Waals surface area (Å²) in [7, 11) is 0. The van der Waals surface area contributed by atoms with Crippen LogP contribution in [0.5, 0.6) is 11.5 Å². The molecule has 2 amide bonds. The molecule has 1 aliphatic heterocycles. The lowest BCUT2D eigenvalue weighted by Crippen LogP contribution is -2.31. The molecule has 8 nitrogen and oxygen atoms in total. The number of rotatable bonds is 12. The Morgan fingerprint density at radius 1 is 0.861 bits per heavy atom. The maximum atomic E-state index is 12.4. The van der Waals surface area contributed by atoms with Crippen molar-refractivity contribution in [3.8, 4) is 11.5 Å². The zero-order chi connectivity index (χ0) is 25.0. The summed E-state index contributed by atoms with van der Waals surface area (Å²) in [6, 6.07) is 23.8. The lowest BCUT2D eigenvalue weighted by Gasteiger charge is -2.12. The minimum atomic E-state index is -0.217. The van der Waals surface area contributed by atoms with Crippen LogP contribution >= 0.6 is 0 Å². The smallest absolute Gasteiger partial charge is 0.251 e. The maximum absolute atomic E-state index is 12.4. The number of carbonyl (C=O) groups excluding carboxylic acids is 2. The van der Waals surface area contributed by atoms with Gasteiger partial charge in [0.25, 0.3) is 5.91 Å². The molecular weight excluding hydrogens is 458 g/mol. The first-order valence-corrected chi connectivity index (χ1v) is 12.1. The minimum Gasteiger partial charge on any atom is -0.490 e. The van der Waals surface area contributed by atoms with Gasteiger partial charge in [0.15, 0.2) is 0 Å². The van der Waals surface area contributed by atoms with Gasteiger partial charge in [-0.2, -0.15) is 0 Å². The van der Waals surface area contributed by atoms with E-state index in [2.05, 4.69) is 16.0 Å². The first-order chi connectivity index (χ1) is 17.7. The molecule has 3 N–H and O–H groups in total. The highest BCUT2D eigenvalue weighted by molar-refractivity contribution is 5.98. The summed E-state index contributed by atoms with van der Waals surface area (Å²) in [4.78, 5) is 24.8. The first kappa shape index (κ1) is 25.1. The normalized spacial score (nSPS) is 14.6. The van der Waals surface area contributed by atoms with E-state index >= 15 is 0 Å². The fourth-order valence-electron chi connectivity index (χ4n) is 3.74. The second kappa shape index (κ2) is 13.2. The standard InChI is InChI=1S/C28H31N3O5/c32-27(31-23-7-4-6-21(18-23)28(33)30-19-26-10-5-15-34-26)20-29-22-11-13-25(14-12-22)36-17-16-35-24-8-2-1-3-9-24/h1-4,6-9,11-14,18,26,29H,5,10,15-17,19-20H2,(H,30,33)(H,31,32). The Labute approximate surface area is 211 Å². The van der Waals surface area contributed by atoms with Crippen molar-refractivity contribution in [1.29, 1.82) is 0 Å². The molecule has 0 aromatic heterocycles. The number of nitrogens with one attached hydrogen (secondary N) is 3. The third kappa shape index (κ3) is 8.02. The van der Waals surface area contributed by atoms with Crippen molar-refractivity contribution in [2.75, 3.05) is 43.5 Å². The summed E-state index contributed by atoms with van der Waals surface area (Å²) in [6.45, 7) is 2.20. The van der Waals surface area contributed by atoms with Gasteiger partial charge in [-0.15, -0.1) is 0 Å². The maximum Gasteiger partial charge on any atom is 0.251 e. The molecule has 8 heteroatoms. The van der Waals surface area contributed by atoms with Crippen LogP contribution in [0.3, 0.4) is 0 Å². The molecule has 3 aromatic rings. The van der Waals surface area contributed by atoms with Gasteiger partial charge in [-0.1, -0.05) is 24.3 Å². The van der Waals surface area contributed by atoms with Gasteiger partial charge in [0.05, 0.1) is 12.6 Å². The summed E-state index contributed by atoms with van der Waals surface area (Å²) in [5, 5.41) is 8.79. The fourth-order valence-corrected chi connectivity index (χ4v) is 3.74. The van der Waals surface area contributed by atoms with E-state index in [1.54, 1.807) is 24.3 Å². The highest BCUT2D eigenvalue weighted by Crippen LogP contribution is 2.17. The molecule has 1 aliphatic rings. The average Bonchev–Trinajstić information content (AvgIpc) is 3.44. The van der Waals surface area contributed by atoms with Crippen LogP contribution in [0, 0.1) is 0 Å². The van der Waals surface area contributed by atoms with Crippen molar-refractivity contribution < 1.29 is 23.8 Å². The molecule has 0 aliphatic carbocycles. The van der Waals surface area contributed by atoms with Gasteiger partial charge in [-0.3, -0.25) is 9.59 Å². The van der Waals surface area contributed by atoms with Crippen molar-refractivity contribution >= 4 is 23.2 Å². The average molecular weight is 490 g/mol. The summed E-state index contributed by atoms with van der Waals surface area (Å²) < 4.78 is 16.8. The van der Waals surface area contributed by atoms with Gasteiger partial charge < -0.3 is 30.2 Å². The molecule has 1 unspecified atom stereocenters. The second-order valence-electron chi connectivity index (χ2n) is 8.36. The molecule has 0 bridgehead atoms. The Balaban J connectivity index is 1.16. The van der Waals surface area contributed by atoms with Crippen molar-refractivity contribution in [1.82, 2.24) is 5.32 Å². The van der Waals surface area contributed by atoms with E-state index in [0.29, 0.717) is 31.0 Å². The van der Waals surface area contributed by atoms with Crippen LogP contribution < -0.4 is 25.4 Å². The van der Waals surface area contributed by atoms with Crippen LogP contribution in [0.15, 0.2) is 78.9 Å². The number of para-hydroxylation sites is 1. The number of hydrogen-bond donors (Lipinski definition) is 3. The molecule has 1 atom stereocenters. The molecule has 0 spiro atoms. The predicted molar refractivity (Wildman–Crippen MR) is 139 cm³/mol. The van der Waals surface area contributed by atoms with Crippen LogP contribution in [-0.4, -0.2) is 50.8 Å². The number of anilines is 2. The number of amides is 2. The van der Waals surface area contributed by atoms with Crippen LogP contribution in [-0.2, 0) is 9.53 Å². The summed E-state index contributed by atoms with van der Waals surface area (Å²) in [5.74, 6) is 1.12. The van der Waals surface area contributed by atoms with Gasteiger partial charge in [-0.25, -0.2) is 0 Å². The van der Waals surface area contributed by atoms with E-state index in [1.807, 2.05) is 54.6 Å². The minimum absolute atomic E-state index is 0.0807. The molecule has 1 saturated heterocycles. The SMILES string of the molecule is O=C(CNc1ccc(OCCOc2ccccc2)cc1)Nc1cccc(C(=O)NCC2CCCO2)c1. The van der Waals surface area contributed by atoms with Crippen molar-refractivity contribution in [3.63, 3.8) is 0 Å². The second-order valence-corrected chi connectivity index (χ2v) is 8.36. The monoisotopic (exact) mass is 489 g/mol. The molecular formula is C28H31N3O5. The summed E-state index contributed by atoms with van der Waals surface area (Å²) in [5.41, 5.74) is 1.84. The number of hydrogen-bond acceptors (Lipinski definition) is 6. The Bertz CT molecular complexity index is 1120. The molecule has 0 radical (unpaired) electrons. The Morgan fingerprint density at radius 3 is 2.33 bits per heavy atom. The van der Waals surface area contributed by atoms with E-state index in [4.69, 9.17) is 14.2 Å². The van der Waals surface area contributed by atoms with Gasteiger partial charge in [0.1, 0.15) is 24.7 Å². The van der Waals surface area contributed by atoms with Gasteiger partial charge in [0, 0.05) is 30.1 Å². The zero-order valence-corrected chi connectivity index (χ0v) is 20.1. The summed E-state index contributed by atoms with van der Waals surface area (Å²) >= 11 is 0.